The first-order valence-electron chi connectivity index (χ1n) is 12.0. The molecule has 36 heavy (non-hydrogen) atoms. The number of carbonyl (C=O) groups is 1. The summed E-state index contributed by atoms with van der Waals surface area (Å²) >= 11 is 6.82. The molecule has 9 heteroatoms. The van der Waals surface area contributed by atoms with Crippen molar-refractivity contribution in [2.45, 2.75) is 59.9 Å². The molecule has 3 heterocycles. The molecule has 188 valence electrons. The first-order chi connectivity index (χ1) is 17.1. The molecule has 2 atom stereocenters. The fraction of sp³-hybridized carbons (Fsp3) is 0.407. The van der Waals surface area contributed by atoms with Crippen LogP contribution in [0.4, 0.5) is 5.82 Å². The van der Waals surface area contributed by atoms with E-state index in [-0.39, 0.29) is 29.2 Å². The van der Waals surface area contributed by atoms with Crippen LogP contribution in [0, 0.1) is 25.2 Å². The summed E-state index contributed by atoms with van der Waals surface area (Å²) in [5, 5.41) is 9.79. The Kier molecular flexibility index (Phi) is 7.69. The van der Waals surface area contributed by atoms with Crippen LogP contribution in [0.25, 0.3) is 6.08 Å². The van der Waals surface area contributed by atoms with Crippen molar-refractivity contribution in [1.29, 1.82) is 5.26 Å². The average Bonchev–Trinajstić information content (AvgIpc) is 3.09. The maximum Gasteiger partial charge on any atom is 0.270 e. The molecule has 2 fully saturated rings. The number of thiocarbonyl (C=S) groups is 1. The number of anilines is 1. The van der Waals surface area contributed by atoms with Crippen LogP contribution in [0.2, 0.25) is 0 Å². The smallest absolute Gasteiger partial charge is 0.270 e. The molecule has 1 amide bonds. The number of hydrogen-bond acceptors (Lipinski definition) is 7. The fourth-order valence-corrected chi connectivity index (χ4v) is 6.01. The molecule has 2 aromatic rings. The molecule has 0 bridgehead atoms. The molecule has 2 unspecified atom stereocenters. The molecular weight excluding hydrogens is 492 g/mol. The number of nitrogens with zero attached hydrogens (tertiary/aromatic N) is 4. The van der Waals surface area contributed by atoms with Crippen LogP contribution in [0.15, 0.2) is 34.0 Å². The van der Waals surface area contributed by atoms with E-state index in [0.717, 1.165) is 11.1 Å². The molecular formula is C27H30N4O3S2. The molecule has 1 aromatic heterocycles. The lowest BCUT2D eigenvalue weighted by Gasteiger charge is -2.39. The van der Waals surface area contributed by atoms with Gasteiger partial charge in [-0.3, -0.25) is 19.1 Å². The largest absolute Gasteiger partial charge is 0.372 e. The number of nitriles is 1. The Balaban J connectivity index is 1.81. The standard InChI is InChI=1S/C27H30N4O3S2/c1-6-30-24(29-13-17(3)34-18(4)14-29)21(19(5)22(12-28)25(30)32)11-23-26(33)31(27(35)36-23)15-20-9-7-16(2)8-10-20/h7-11,17-18H,6,13-15H2,1-5H3. The second kappa shape index (κ2) is 10.6. The summed E-state index contributed by atoms with van der Waals surface area (Å²) in [7, 11) is 0. The number of aromatic nitrogens is 1. The number of benzene rings is 1. The molecule has 1 aromatic carbocycles. The van der Waals surface area contributed by atoms with E-state index in [2.05, 4.69) is 11.0 Å². The van der Waals surface area contributed by atoms with Crippen LogP contribution in [0.1, 0.15) is 48.6 Å². The molecule has 0 saturated carbocycles. The second-order valence-electron chi connectivity index (χ2n) is 9.31. The normalized spacial score (nSPS) is 21.4. The van der Waals surface area contributed by atoms with Crippen molar-refractivity contribution < 1.29 is 9.53 Å². The molecule has 4 rings (SSSR count). The number of morpholine rings is 1. The summed E-state index contributed by atoms with van der Waals surface area (Å²) in [6.45, 7) is 11.7. The van der Waals surface area contributed by atoms with E-state index in [9.17, 15) is 14.9 Å². The van der Waals surface area contributed by atoms with Gasteiger partial charge in [-0.25, -0.2) is 0 Å². The van der Waals surface area contributed by atoms with Crippen molar-refractivity contribution in [2.24, 2.45) is 0 Å². The zero-order valence-corrected chi connectivity index (χ0v) is 22.8. The van der Waals surface area contributed by atoms with Crippen LogP contribution in [-0.2, 0) is 22.6 Å². The Morgan fingerprint density at radius 1 is 1.17 bits per heavy atom. The minimum atomic E-state index is -0.316. The van der Waals surface area contributed by atoms with Crippen molar-refractivity contribution in [2.75, 3.05) is 18.0 Å². The number of thioether (sulfide) groups is 1. The summed E-state index contributed by atoms with van der Waals surface area (Å²) in [6.07, 6.45) is 1.76. The van der Waals surface area contributed by atoms with Crippen LogP contribution in [0.3, 0.4) is 0 Å². The minimum Gasteiger partial charge on any atom is -0.372 e. The third-order valence-electron chi connectivity index (χ3n) is 6.49. The lowest BCUT2D eigenvalue weighted by molar-refractivity contribution is -0.122. The SMILES string of the molecule is CCn1c(N2CC(C)OC(C)C2)c(C=C2SC(=S)N(Cc3ccc(C)cc3)C2=O)c(C)c(C#N)c1=O. The summed E-state index contributed by atoms with van der Waals surface area (Å²) in [5.41, 5.74) is 3.19. The molecule has 0 spiro atoms. The Bertz CT molecular complexity index is 1330. The highest BCUT2D eigenvalue weighted by atomic mass is 32.2. The quantitative estimate of drug-likeness (QED) is 0.426. The molecule has 2 aliphatic rings. The summed E-state index contributed by atoms with van der Waals surface area (Å²) in [6, 6.07) is 10.1. The lowest BCUT2D eigenvalue weighted by Crippen LogP contribution is -2.48. The third-order valence-corrected chi connectivity index (χ3v) is 7.87. The van der Waals surface area contributed by atoms with E-state index in [1.807, 2.05) is 52.0 Å². The summed E-state index contributed by atoms with van der Waals surface area (Å²) < 4.78 is 8.04. The van der Waals surface area contributed by atoms with E-state index >= 15 is 0 Å². The maximum atomic E-state index is 13.5. The first kappa shape index (κ1) is 26.1. The van der Waals surface area contributed by atoms with Gasteiger partial charge in [-0.1, -0.05) is 53.8 Å². The fourth-order valence-electron chi connectivity index (χ4n) is 4.77. The van der Waals surface area contributed by atoms with Gasteiger partial charge in [0.25, 0.3) is 11.5 Å². The molecule has 2 aliphatic heterocycles. The summed E-state index contributed by atoms with van der Waals surface area (Å²) in [5.74, 6) is 0.539. The predicted octanol–water partition coefficient (Wildman–Crippen LogP) is 4.37. The highest BCUT2D eigenvalue weighted by molar-refractivity contribution is 8.26. The topological polar surface area (TPSA) is 78.6 Å². The molecule has 0 aliphatic carbocycles. The minimum absolute atomic E-state index is 0.0225. The lowest BCUT2D eigenvalue weighted by atomic mass is 10.0. The van der Waals surface area contributed by atoms with Gasteiger partial charge in [0, 0.05) is 25.2 Å². The number of aryl methyl sites for hydroxylation is 1. The third kappa shape index (κ3) is 4.99. The zero-order valence-electron chi connectivity index (χ0n) is 21.2. The number of carbonyl (C=O) groups excluding carboxylic acids is 1. The second-order valence-corrected chi connectivity index (χ2v) is 11.0. The highest BCUT2D eigenvalue weighted by Crippen LogP contribution is 2.37. The molecule has 7 nitrogen and oxygen atoms in total. The van der Waals surface area contributed by atoms with E-state index in [4.69, 9.17) is 17.0 Å². The molecule has 0 N–H and O–H groups in total. The van der Waals surface area contributed by atoms with Gasteiger partial charge in [0.1, 0.15) is 21.8 Å². The first-order valence-corrected chi connectivity index (χ1v) is 13.3. The maximum absolute atomic E-state index is 13.5. The van der Waals surface area contributed by atoms with Crippen LogP contribution in [-0.4, -0.2) is 45.0 Å². The zero-order chi connectivity index (χ0) is 26.1. The predicted molar refractivity (Wildman–Crippen MR) is 148 cm³/mol. The van der Waals surface area contributed by atoms with Crippen LogP contribution >= 0.6 is 24.0 Å². The number of ether oxygens (including phenoxy) is 1. The van der Waals surface area contributed by atoms with Gasteiger partial charge in [-0.15, -0.1) is 0 Å². The van der Waals surface area contributed by atoms with Crippen LogP contribution < -0.4 is 10.5 Å². The monoisotopic (exact) mass is 522 g/mol. The van der Waals surface area contributed by atoms with Crippen molar-refractivity contribution in [3.63, 3.8) is 0 Å². The van der Waals surface area contributed by atoms with Crippen molar-refractivity contribution in [3.8, 4) is 6.07 Å². The number of hydrogen-bond donors (Lipinski definition) is 0. The van der Waals surface area contributed by atoms with Gasteiger partial charge in [0.05, 0.1) is 23.7 Å². The number of pyridine rings is 1. The van der Waals surface area contributed by atoms with Gasteiger partial charge in [0.2, 0.25) is 0 Å². The Hall–Kier alpha value is -2.93. The van der Waals surface area contributed by atoms with E-state index in [1.54, 1.807) is 22.5 Å². The van der Waals surface area contributed by atoms with E-state index in [0.29, 0.717) is 52.3 Å². The van der Waals surface area contributed by atoms with Crippen LogP contribution in [0.5, 0.6) is 0 Å². The average molecular weight is 523 g/mol. The molecule has 0 radical (unpaired) electrons. The van der Waals surface area contributed by atoms with Gasteiger partial charge in [0.15, 0.2) is 0 Å². The van der Waals surface area contributed by atoms with E-state index in [1.165, 1.54) is 11.8 Å². The Labute approximate surface area is 221 Å². The van der Waals surface area contributed by atoms with Gasteiger partial charge < -0.3 is 9.64 Å². The van der Waals surface area contributed by atoms with Gasteiger partial charge in [-0.2, -0.15) is 5.26 Å². The number of amides is 1. The molecule has 2 saturated heterocycles. The van der Waals surface area contributed by atoms with Gasteiger partial charge >= 0.3 is 0 Å². The van der Waals surface area contributed by atoms with Gasteiger partial charge in [-0.05, 0) is 51.8 Å². The highest BCUT2D eigenvalue weighted by Gasteiger charge is 2.34. The Morgan fingerprint density at radius 2 is 1.81 bits per heavy atom. The van der Waals surface area contributed by atoms with Crippen molar-refractivity contribution >= 4 is 46.1 Å². The number of rotatable bonds is 5. The van der Waals surface area contributed by atoms with Crippen molar-refractivity contribution in [3.05, 3.63) is 67.3 Å². The van der Waals surface area contributed by atoms with Crippen molar-refractivity contribution in [1.82, 2.24) is 9.47 Å². The van der Waals surface area contributed by atoms with E-state index < -0.39 is 0 Å². The Morgan fingerprint density at radius 3 is 2.39 bits per heavy atom. The summed E-state index contributed by atoms with van der Waals surface area (Å²) in [4.78, 5) is 30.9.